The molecule has 2 aliphatic rings. The lowest BCUT2D eigenvalue weighted by atomic mass is 9.93. The van der Waals surface area contributed by atoms with E-state index < -0.39 is 11.9 Å². The Morgan fingerprint density at radius 2 is 2.06 bits per heavy atom. The topological polar surface area (TPSA) is 69.7 Å². The van der Waals surface area contributed by atoms with Gasteiger partial charge in [-0.15, -0.1) is 0 Å². The van der Waals surface area contributed by atoms with E-state index in [1.165, 1.54) is 0 Å². The predicted molar refractivity (Wildman–Crippen MR) is 61.3 cm³/mol. The average Bonchev–Trinajstić information content (AvgIpc) is 3.12. The molecule has 2 rings (SSSR count). The summed E-state index contributed by atoms with van der Waals surface area (Å²) in [6.07, 6.45) is 3.46. The van der Waals surface area contributed by atoms with Gasteiger partial charge in [-0.2, -0.15) is 0 Å². The number of ether oxygens (including phenoxy) is 2. The van der Waals surface area contributed by atoms with E-state index in [0.717, 1.165) is 12.8 Å². The van der Waals surface area contributed by atoms with Crippen molar-refractivity contribution in [3.63, 3.8) is 0 Å². The van der Waals surface area contributed by atoms with Crippen LogP contribution in [-0.2, 0) is 23.9 Å². The van der Waals surface area contributed by atoms with Gasteiger partial charge in [-0.3, -0.25) is 14.4 Å². The number of allylic oxidation sites excluding steroid dienone is 1. The van der Waals surface area contributed by atoms with Crippen LogP contribution in [0.2, 0.25) is 0 Å². The SMILES string of the molecule is CCOC(=O)C1C=C(OC(=O)C2CC2)CC(=O)C1. The second-order valence-electron chi connectivity index (χ2n) is 4.61. The van der Waals surface area contributed by atoms with E-state index in [2.05, 4.69) is 0 Å². The van der Waals surface area contributed by atoms with E-state index in [1.54, 1.807) is 13.0 Å². The van der Waals surface area contributed by atoms with Crippen LogP contribution >= 0.6 is 0 Å². The Morgan fingerprint density at radius 3 is 2.67 bits per heavy atom. The van der Waals surface area contributed by atoms with Gasteiger partial charge < -0.3 is 9.47 Å². The van der Waals surface area contributed by atoms with Crippen LogP contribution in [0.3, 0.4) is 0 Å². The van der Waals surface area contributed by atoms with E-state index in [9.17, 15) is 14.4 Å². The van der Waals surface area contributed by atoms with Gasteiger partial charge >= 0.3 is 11.9 Å². The number of carbonyl (C=O) groups is 3. The fraction of sp³-hybridized carbons (Fsp3) is 0.615. The number of Topliss-reactive ketones (excluding diaryl/α,β-unsaturated/α-hetero) is 1. The van der Waals surface area contributed by atoms with Gasteiger partial charge in [0.1, 0.15) is 11.5 Å². The second-order valence-corrected chi connectivity index (χ2v) is 4.61. The third-order valence-corrected chi connectivity index (χ3v) is 2.94. The zero-order chi connectivity index (χ0) is 13.1. The van der Waals surface area contributed by atoms with Gasteiger partial charge in [-0.05, 0) is 25.8 Å². The van der Waals surface area contributed by atoms with Crippen LogP contribution in [0.25, 0.3) is 0 Å². The molecule has 0 aromatic heterocycles. The van der Waals surface area contributed by atoms with Crippen LogP contribution < -0.4 is 0 Å². The summed E-state index contributed by atoms with van der Waals surface area (Å²) in [7, 11) is 0. The molecule has 0 aliphatic heterocycles. The number of rotatable bonds is 4. The predicted octanol–water partition coefficient (Wildman–Crippen LogP) is 1.37. The first-order valence-electron chi connectivity index (χ1n) is 6.21. The van der Waals surface area contributed by atoms with Gasteiger partial charge in [-0.25, -0.2) is 0 Å². The summed E-state index contributed by atoms with van der Waals surface area (Å²) in [5.74, 6) is -1.18. The minimum atomic E-state index is -0.617. The van der Waals surface area contributed by atoms with Crippen molar-refractivity contribution in [3.05, 3.63) is 11.8 Å². The number of hydrogen-bond acceptors (Lipinski definition) is 5. The average molecular weight is 252 g/mol. The lowest BCUT2D eigenvalue weighted by molar-refractivity contribution is -0.149. The normalized spacial score (nSPS) is 23.3. The molecule has 0 saturated heterocycles. The van der Waals surface area contributed by atoms with Gasteiger partial charge in [0.2, 0.25) is 0 Å². The van der Waals surface area contributed by atoms with Crippen LogP contribution in [0, 0.1) is 11.8 Å². The molecular weight excluding hydrogens is 236 g/mol. The number of carbonyl (C=O) groups excluding carboxylic acids is 3. The minimum absolute atomic E-state index is 0.0241. The largest absolute Gasteiger partial charge is 0.466 e. The fourth-order valence-electron chi connectivity index (χ4n) is 1.86. The molecule has 0 N–H and O–H groups in total. The third-order valence-electron chi connectivity index (χ3n) is 2.94. The lowest BCUT2D eigenvalue weighted by Crippen LogP contribution is -2.25. The van der Waals surface area contributed by atoms with Crippen LogP contribution in [0.15, 0.2) is 11.8 Å². The van der Waals surface area contributed by atoms with Crippen molar-refractivity contribution in [1.82, 2.24) is 0 Å². The van der Waals surface area contributed by atoms with E-state index >= 15 is 0 Å². The van der Waals surface area contributed by atoms with Gasteiger partial charge in [0.15, 0.2) is 0 Å². The zero-order valence-electron chi connectivity index (χ0n) is 10.3. The summed E-state index contributed by atoms with van der Waals surface area (Å²) in [5.41, 5.74) is 0. The van der Waals surface area contributed by atoms with Gasteiger partial charge in [0.25, 0.3) is 0 Å². The fourth-order valence-corrected chi connectivity index (χ4v) is 1.86. The van der Waals surface area contributed by atoms with Crippen molar-refractivity contribution < 1.29 is 23.9 Å². The van der Waals surface area contributed by atoms with E-state index in [0.29, 0.717) is 5.76 Å². The van der Waals surface area contributed by atoms with Gasteiger partial charge in [0, 0.05) is 6.42 Å². The monoisotopic (exact) mass is 252 g/mol. The molecule has 0 aromatic rings. The Morgan fingerprint density at radius 1 is 1.33 bits per heavy atom. The molecule has 1 unspecified atom stereocenters. The van der Waals surface area contributed by atoms with Crippen molar-refractivity contribution in [2.24, 2.45) is 11.8 Å². The standard InChI is InChI=1S/C13H16O5/c1-2-17-12(15)9-5-10(14)7-11(6-9)18-13(16)8-3-4-8/h6,8-9H,2-5,7H2,1H3. The second kappa shape index (κ2) is 5.33. The Kier molecular flexibility index (Phi) is 3.79. The maximum absolute atomic E-state index is 11.6. The summed E-state index contributed by atoms with van der Waals surface area (Å²) < 4.78 is 10.0. The number of hydrogen-bond donors (Lipinski definition) is 0. The molecule has 1 atom stereocenters. The van der Waals surface area contributed by atoms with Crippen molar-refractivity contribution >= 4 is 17.7 Å². The van der Waals surface area contributed by atoms with Crippen LogP contribution in [-0.4, -0.2) is 24.3 Å². The molecule has 0 amide bonds. The maximum atomic E-state index is 11.6. The Bertz CT molecular complexity index is 406. The molecule has 0 aromatic carbocycles. The highest BCUT2D eigenvalue weighted by molar-refractivity contribution is 5.89. The van der Waals surface area contributed by atoms with E-state index in [-0.39, 0.29) is 37.1 Å². The zero-order valence-corrected chi connectivity index (χ0v) is 10.3. The molecule has 0 heterocycles. The summed E-state index contributed by atoms with van der Waals surface area (Å²) in [5, 5.41) is 0. The molecule has 5 heteroatoms. The first-order chi connectivity index (χ1) is 8.60. The Labute approximate surface area is 105 Å². The smallest absolute Gasteiger partial charge is 0.314 e. The molecule has 5 nitrogen and oxygen atoms in total. The highest BCUT2D eigenvalue weighted by Gasteiger charge is 2.34. The molecule has 1 saturated carbocycles. The van der Waals surface area contributed by atoms with Crippen molar-refractivity contribution in [3.8, 4) is 0 Å². The Balaban J connectivity index is 2.00. The van der Waals surface area contributed by atoms with Crippen molar-refractivity contribution in [2.45, 2.75) is 32.6 Å². The highest BCUT2D eigenvalue weighted by Crippen LogP contribution is 2.32. The summed E-state index contributed by atoms with van der Waals surface area (Å²) >= 11 is 0. The highest BCUT2D eigenvalue weighted by atomic mass is 16.5. The quantitative estimate of drug-likeness (QED) is 0.707. The van der Waals surface area contributed by atoms with Crippen LogP contribution in [0.5, 0.6) is 0 Å². The van der Waals surface area contributed by atoms with Crippen molar-refractivity contribution in [1.29, 1.82) is 0 Å². The lowest BCUT2D eigenvalue weighted by Gasteiger charge is -2.18. The van der Waals surface area contributed by atoms with Gasteiger partial charge in [-0.1, -0.05) is 0 Å². The summed E-state index contributed by atoms with van der Waals surface area (Å²) in [6, 6.07) is 0. The summed E-state index contributed by atoms with van der Waals surface area (Å²) in [6.45, 7) is 1.98. The molecule has 98 valence electrons. The first kappa shape index (κ1) is 12.8. The van der Waals surface area contributed by atoms with E-state index in [1.807, 2.05) is 0 Å². The minimum Gasteiger partial charge on any atom is -0.466 e. The molecule has 18 heavy (non-hydrogen) atoms. The first-order valence-corrected chi connectivity index (χ1v) is 6.21. The molecule has 1 fully saturated rings. The molecule has 2 aliphatic carbocycles. The van der Waals surface area contributed by atoms with Gasteiger partial charge in [0.05, 0.1) is 24.9 Å². The molecular formula is C13H16O5. The number of ketones is 1. The van der Waals surface area contributed by atoms with E-state index in [4.69, 9.17) is 9.47 Å². The number of esters is 2. The maximum Gasteiger partial charge on any atom is 0.314 e. The summed E-state index contributed by atoms with van der Waals surface area (Å²) in [4.78, 5) is 34.6. The van der Waals surface area contributed by atoms with Crippen LogP contribution in [0.4, 0.5) is 0 Å². The molecule has 0 radical (unpaired) electrons. The molecule has 0 spiro atoms. The van der Waals surface area contributed by atoms with Crippen molar-refractivity contribution in [2.75, 3.05) is 6.61 Å². The molecule has 0 bridgehead atoms. The Hall–Kier alpha value is -1.65. The van der Waals surface area contributed by atoms with Crippen LogP contribution in [0.1, 0.15) is 32.6 Å². The third kappa shape index (κ3) is 3.18.